The van der Waals surface area contributed by atoms with E-state index >= 15 is 0 Å². The zero-order valence-corrected chi connectivity index (χ0v) is 20.0. The first kappa shape index (κ1) is 25.0. The summed E-state index contributed by atoms with van der Waals surface area (Å²) in [6.45, 7) is 0.863. The molecule has 0 unspecified atom stereocenters. The van der Waals surface area contributed by atoms with Crippen LogP contribution >= 0.6 is 0 Å². The van der Waals surface area contributed by atoms with E-state index in [0.29, 0.717) is 35.7 Å². The van der Waals surface area contributed by atoms with Crippen LogP contribution in [0.15, 0.2) is 47.4 Å². The number of hydrogen-bond donors (Lipinski definition) is 0. The predicted molar refractivity (Wildman–Crippen MR) is 123 cm³/mol. The lowest BCUT2D eigenvalue weighted by Gasteiger charge is -2.35. The van der Waals surface area contributed by atoms with Gasteiger partial charge in [0.1, 0.15) is 11.5 Å². The largest absolute Gasteiger partial charge is 0.497 e. The predicted octanol–water partition coefficient (Wildman–Crippen LogP) is 1.18. The smallest absolute Gasteiger partial charge is 0.257 e. The van der Waals surface area contributed by atoms with Gasteiger partial charge in [-0.05, 0) is 36.4 Å². The van der Waals surface area contributed by atoms with Crippen molar-refractivity contribution in [2.45, 2.75) is 4.90 Å². The lowest BCUT2D eigenvalue weighted by atomic mass is 10.1. The van der Waals surface area contributed by atoms with Gasteiger partial charge in [0, 0.05) is 39.3 Å². The van der Waals surface area contributed by atoms with Gasteiger partial charge in [0.25, 0.3) is 5.91 Å². The SMILES string of the molecule is COc1ccc(C(=O)N2CCN(C(=O)CN(C)S(=O)(=O)c3ccc(C#N)cc3)CC2)c(OC)c1. The van der Waals surface area contributed by atoms with Crippen LogP contribution in [0.4, 0.5) is 0 Å². The summed E-state index contributed by atoms with van der Waals surface area (Å²) < 4.78 is 37.0. The Morgan fingerprint density at radius 2 is 1.62 bits per heavy atom. The first-order valence-electron chi connectivity index (χ1n) is 10.5. The first-order valence-corrected chi connectivity index (χ1v) is 11.9. The lowest BCUT2D eigenvalue weighted by molar-refractivity contribution is -0.132. The number of rotatable bonds is 7. The molecular weight excluding hydrogens is 460 g/mol. The van der Waals surface area contributed by atoms with Crippen molar-refractivity contribution in [1.82, 2.24) is 14.1 Å². The van der Waals surface area contributed by atoms with Gasteiger partial charge in [0.05, 0.1) is 42.9 Å². The number of likely N-dealkylation sites (N-methyl/N-ethyl adjacent to an activating group) is 1. The summed E-state index contributed by atoms with van der Waals surface area (Å²) in [6.07, 6.45) is 0. The summed E-state index contributed by atoms with van der Waals surface area (Å²) in [6, 6.07) is 12.4. The zero-order chi connectivity index (χ0) is 24.9. The molecule has 0 N–H and O–H groups in total. The van der Waals surface area contributed by atoms with Crippen molar-refractivity contribution in [2.75, 3.05) is 54.0 Å². The number of nitrogens with zero attached hydrogens (tertiary/aromatic N) is 4. The molecule has 1 fully saturated rings. The highest BCUT2D eigenvalue weighted by atomic mass is 32.2. The van der Waals surface area contributed by atoms with Crippen LogP contribution in [0.3, 0.4) is 0 Å². The molecule has 1 heterocycles. The van der Waals surface area contributed by atoms with Crippen molar-refractivity contribution < 1.29 is 27.5 Å². The van der Waals surface area contributed by atoms with E-state index in [4.69, 9.17) is 14.7 Å². The number of carbonyl (C=O) groups excluding carboxylic acids is 2. The topological polar surface area (TPSA) is 120 Å². The minimum absolute atomic E-state index is 0.00524. The van der Waals surface area contributed by atoms with Crippen LogP contribution < -0.4 is 9.47 Å². The molecule has 1 aliphatic rings. The monoisotopic (exact) mass is 486 g/mol. The maximum Gasteiger partial charge on any atom is 0.257 e. The van der Waals surface area contributed by atoms with Gasteiger partial charge in [-0.15, -0.1) is 0 Å². The molecule has 1 aliphatic heterocycles. The van der Waals surface area contributed by atoms with E-state index in [9.17, 15) is 18.0 Å². The second-order valence-electron chi connectivity index (χ2n) is 7.64. The fourth-order valence-corrected chi connectivity index (χ4v) is 4.68. The first-order chi connectivity index (χ1) is 16.2. The van der Waals surface area contributed by atoms with Crippen molar-refractivity contribution in [3.8, 4) is 17.6 Å². The molecule has 0 atom stereocenters. The third kappa shape index (κ3) is 5.30. The average Bonchev–Trinajstić information content (AvgIpc) is 2.87. The summed E-state index contributed by atoms with van der Waals surface area (Å²) in [5, 5.41) is 8.87. The summed E-state index contributed by atoms with van der Waals surface area (Å²) in [5.41, 5.74) is 0.744. The zero-order valence-electron chi connectivity index (χ0n) is 19.2. The van der Waals surface area contributed by atoms with Gasteiger partial charge in [-0.1, -0.05) is 0 Å². The van der Waals surface area contributed by atoms with Crippen LogP contribution in [0.25, 0.3) is 0 Å². The molecule has 0 saturated carbocycles. The Morgan fingerprint density at radius 1 is 1.00 bits per heavy atom. The van der Waals surface area contributed by atoms with Crippen molar-refractivity contribution in [1.29, 1.82) is 5.26 Å². The summed E-state index contributed by atoms with van der Waals surface area (Å²) in [7, 11) is 0.455. The summed E-state index contributed by atoms with van der Waals surface area (Å²) >= 11 is 0. The Hall–Kier alpha value is -3.62. The number of sulfonamides is 1. The van der Waals surface area contributed by atoms with Gasteiger partial charge in [0.2, 0.25) is 15.9 Å². The number of ether oxygens (including phenoxy) is 2. The van der Waals surface area contributed by atoms with Gasteiger partial charge < -0.3 is 19.3 Å². The molecule has 34 heavy (non-hydrogen) atoms. The molecule has 10 nitrogen and oxygen atoms in total. The van der Waals surface area contributed by atoms with Gasteiger partial charge >= 0.3 is 0 Å². The average molecular weight is 487 g/mol. The van der Waals surface area contributed by atoms with E-state index in [1.165, 1.54) is 45.5 Å². The van der Waals surface area contributed by atoms with E-state index in [1.807, 2.05) is 6.07 Å². The van der Waals surface area contributed by atoms with Crippen LogP contribution in [0.2, 0.25) is 0 Å². The Labute approximate surface area is 198 Å². The van der Waals surface area contributed by atoms with Gasteiger partial charge in [-0.3, -0.25) is 9.59 Å². The van der Waals surface area contributed by atoms with Crippen LogP contribution in [0, 0.1) is 11.3 Å². The lowest BCUT2D eigenvalue weighted by Crippen LogP contribution is -2.52. The van der Waals surface area contributed by atoms with Gasteiger partial charge in [-0.2, -0.15) is 9.57 Å². The summed E-state index contributed by atoms with van der Waals surface area (Å²) in [4.78, 5) is 28.9. The molecule has 2 aromatic carbocycles. The molecule has 0 bridgehead atoms. The second kappa shape index (κ2) is 10.5. The second-order valence-corrected chi connectivity index (χ2v) is 9.68. The van der Waals surface area contributed by atoms with Crippen LogP contribution in [-0.2, 0) is 14.8 Å². The molecular formula is C23H26N4O6S. The molecule has 0 aliphatic carbocycles. The van der Waals surface area contributed by atoms with E-state index < -0.39 is 10.0 Å². The fraction of sp³-hybridized carbons (Fsp3) is 0.348. The molecule has 3 rings (SSSR count). The number of benzene rings is 2. The van der Waals surface area contributed by atoms with E-state index in [0.717, 1.165) is 4.31 Å². The normalized spacial score (nSPS) is 14.0. The van der Waals surface area contributed by atoms with E-state index in [2.05, 4.69) is 0 Å². The minimum atomic E-state index is -3.88. The third-order valence-corrected chi connectivity index (χ3v) is 7.43. The summed E-state index contributed by atoms with van der Waals surface area (Å²) in [5.74, 6) is 0.405. The van der Waals surface area contributed by atoms with Crippen molar-refractivity contribution in [3.63, 3.8) is 0 Å². The third-order valence-electron chi connectivity index (χ3n) is 5.61. The number of carbonyl (C=O) groups is 2. The molecule has 180 valence electrons. The highest BCUT2D eigenvalue weighted by molar-refractivity contribution is 7.89. The molecule has 0 radical (unpaired) electrons. The maximum absolute atomic E-state index is 13.0. The Morgan fingerprint density at radius 3 is 2.18 bits per heavy atom. The van der Waals surface area contributed by atoms with Crippen LogP contribution in [0.5, 0.6) is 11.5 Å². The molecule has 2 aromatic rings. The Kier molecular flexibility index (Phi) is 7.75. The van der Waals surface area contributed by atoms with Gasteiger partial charge in [-0.25, -0.2) is 8.42 Å². The minimum Gasteiger partial charge on any atom is -0.497 e. The number of amides is 2. The van der Waals surface area contributed by atoms with E-state index in [1.54, 1.807) is 28.0 Å². The quantitative estimate of drug-likeness (QED) is 0.576. The van der Waals surface area contributed by atoms with Crippen LogP contribution in [0.1, 0.15) is 15.9 Å². The van der Waals surface area contributed by atoms with Gasteiger partial charge in [0.15, 0.2) is 0 Å². The van der Waals surface area contributed by atoms with Crippen molar-refractivity contribution in [3.05, 3.63) is 53.6 Å². The van der Waals surface area contributed by atoms with E-state index in [-0.39, 0.29) is 36.3 Å². The number of nitriles is 1. The molecule has 1 saturated heterocycles. The highest BCUT2D eigenvalue weighted by Gasteiger charge is 2.29. The molecule has 0 aromatic heterocycles. The molecule has 0 spiro atoms. The van der Waals surface area contributed by atoms with Crippen LogP contribution in [-0.4, -0.2) is 88.3 Å². The molecule has 2 amide bonds. The standard InChI is InChI=1S/C23H26N4O6S/c1-25(34(30,31)19-7-4-17(15-24)5-8-19)16-22(28)26-10-12-27(13-11-26)23(29)20-9-6-18(32-2)14-21(20)33-3/h4-9,14H,10-13,16H2,1-3H3. The van der Waals surface area contributed by atoms with Crippen molar-refractivity contribution in [2.24, 2.45) is 0 Å². The number of piperazine rings is 1. The fourth-order valence-electron chi connectivity index (χ4n) is 3.56. The maximum atomic E-state index is 13.0. The van der Waals surface area contributed by atoms with Crippen molar-refractivity contribution >= 4 is 21.8 Å². The Bertz CT molecular complexity index is 1200. The Balaban J connectivity index is 1.60. The molecule has 11 heteroatoms. The number of hydrogen-bond acceptors (Lipinski definition) is 7. The highest BCUT2D eigenvalue weighted by Crippen LogP contribution is 2.26. The number of methoxy groups -OCH3 is 2.